The van der Waals surface area contributed by atoms with E-state index >= 15 is 0 Å². The van der Waals surface area contributed by atoms with Gasteiger partial charge in [-0.2, -0.15) is 4.39 Å². The maximum Gasteiger partial charge on any atom is 0.327 e. The smallest absolute Gasteiger partial charge is 0.327 e. The van der Waals surface area contributed by atoms with E-state index in [1.165, 1.54) is 17.0 Å². The summed E-state index contributed by atoms with van der Waals surface area (Å²) in [5.74, 6) is -1.01. The standard InChI is InChI=1S/C12H14FN3O3/c1-14-7-6-10(12(14)17)15(2)9-5-3-4-8(13)11(9)16(18)19/h3-5,10H,6-7H2,1-2H3/t10-/m1/s1. The van der Waals surface area contributed by atoms with Crippen LogP contribution in [0.4, 0.5) is 15.8 Å². The SMILES string of the molecule is CN1CC[C@@H](N(C)c2cccc(F)c2[N+](=O)[O-])C1=O. The molecule has 1 heterocycles. The van der Waals surface area contributed by atoms with Gasteiger partial charge in [0.15, 0.2) is 0 Å². The predicted octanol–water partition coefficient (Wildman–Crippen LogP) is 1.40. The van der Waals surface area contributed by atoms with E-state index in [9.17, 15) is 19.3 Å². The molecule has 1 aliphatic rings. The minimum Gasteiger partial charge on any atom is -0.357 e. The number of hydrogen-bond acceptors (Lipinski definition) is 4. The van der Waals surface area contributed by atoms with E-state index in [2.05, 4.69) is 0 Å². The molecule has 1 aromatic carbocycles. The lowest BCUT2D eigenvalue weighted by Crippen LogP contribution is -2.38. The van der Waals surface area contributed by atoms with Crippen LogP contribution in [0.25, 0.3) is 0 Å². The lowest BCUT2D eigenvalue weighted by molar-refractivity contribution is -0.386. The predicted molar refractivity (Wildman–Crippen MR) is 67.5 cm³/mol. The van der Waals surface area contributed by atoms with Crippen molar-refractivity contribution < 1.29 is 14.1 Å². The Balaban J connectivity index is 2.39. The second-order valence-electron chi connectivity index (χ2n) is 4.54. The first-order valence-electron chi connectivity index (χ1n) is 5.84. The molecule has 0 unspecified atom stereocenters. The summed E-state index contributed by atoms with van der Waals surface area (Å²) in [6, 6.07) is 3.41. The summed E-state index contributed by atoms with van der Waals surface area (Å²) in [5.41, 5.74) is -0.467. The van der Waals surface area contributed by atoms with Crippen molar-refractivity contribution in [1.82, 2.24) is 4.90 Å². The van der Waals surface area contributed by atoms with Gasteiger partial charge in [-0.1, -0.05) is 6.07 Å². The van der Waals surface area contributed by atoms with Crippen molar-refractivity contribution in [2.75, 3.05) is 25.5 Å². The number of rotatable bonds is 3. The number of nitro benzene ring substituents is 1. The van der Waals surface area contributed by atoms with Crippen LogP contribution in [0.15, 0.2) is 18.2 Å². The molecule has 1 aliphatic heterocycles. The fourth-order valence-electron chi connectivity index (χ4n) is 2.30. The van der Waals surface area contributed by atoms with Crippen molar-refractivity contribution in [2.24, 2.45) is 0 Å². The summed E-state index contributed by atoms with van der Waals surface area (Å²) in [6.45, 7) is 0.594. The summed E-state index contributed by atoms with van der Waals surface area (Å²) in [4.78, 5) is 25.1. The highest BCUT2D eigenvalue weighted by Crippen LogP contribution is 2.32. The quantitative estimate of drug-likeness (QED) is 0.613. The molecular weight excluding hydrogens is 253 g/mol. The zero-order chi connectivity index (χ0) is 14.2. The number of carbonyl (C=O) groups is 1. The van der Waals surface area contributed by atoms with Gasteiger partial charge < -0.3 is 9.80 Å². The molecule has 19 heavy (non-hydrogen) atoms. The highest BCUT2D eigenvalue weighted by Gasteiger charge is 2.35. The van der Waals surface area contributed by atoms with Gasteiger partial charge in [0.05, 0.1) is 4.92 Å². The third-order valence-electron chi connectivity index (χ3n) is 3.39. The molecule has 102 valence electrons. The second-order valence-corrected chi connectivity index (χ2v) is 4.54. The van der Waals surface area contributed by atoms with Gasteiger partial charge in [0.25, 0.3) is 0 Å². The summed E-state index contributed by atoms with van der Waals surface area (Å²) in [7, 11) is 3.25. The summed E-state index contributed by atoms with van der Waals surface area (Å²) in [5, 5.41) is 11.0. The van der Waals surface area contributed by atoms with Gasteiger partial charge in [-0.25, -0.2) is 0 Å². The van der Waals surface area contributed by atoms with Crippen molar-refractivity contribution in [3.8, 4) is 0 Å². The number of anilines is 1. The Kier molecular flexibility index (Phi) is 3.37. The van der Waals surface area contributed by atoms with E-state index < -0.39 is 22.5 Å². The molecule has 0 saturated carbocycles. The fraction of sp³-hybridized carbons (Fsp3) is 0.417. The normalized spacial score (nSPS) is 18.8. The third kappa shape index (κ3) is 2.23. The lowest BCUT2D eigenvalue weighted by atomic mass is 10.1. The van der Waals surface area contributed by atoms with E-state index in [0.29, 0.717) is 13.0 Å². The number of nitrogens with zero attached hydrogens (tertiary/aromatic N) is 3. The molecular formula is C12H14FN3O3. The minimum absolute atomic E-state index is 0.110. The van der Waals surface area contributed by atoms with Gasteiger partial charge in [0.2, 0.25) is 11.7 Å². The van der Waals surface area contributed by atoms with Crippen molar-refractivity contribution in [3.63, 3.8) is 0 Å². The largest absolute Gasteiger partial charge is 0.357 e. The molecule has 1 saturated heterocycles. The van der Waals surface area contributed by atoms with Crippen LogP contribution in [0.3, 0.4) is 0 Å². The summed E-state index contributed by atoms with van der Waals surface area (Å²) in [6.07, 6.45) is 0.569. The maximum absolute atomic E-state index is 13.6. The molecule has 1 aromatic rings. The fourth-order valence-corrected chi connectivity index (χ4v) is 2.30. The van der Waals surface area contributed by atoms with Gasteiger partial charge in [0.1, 0.15) is 11.7 Å². The van der Waals surface area contributed by atoms with E-state index in [-0.39, 0.29) is 11.6 Å². The number of likely N-dealkylation sites (N-methyl/N-ethyl adjacent to an activating group) is 2. The van der Waals surface area contributed by atoms with E-state index in [1.807, 2.05) is 0 Å². The Labute approximate surface area is 109 Å². The van der Waals surface area contributed by atoms with E-state index in [0.717, 1.165) is 6.07 Å². The second kappa shape index (κ2) is 4.83. The van der Waals surface area contributed by atoms with Crippen LogP contribution in [0, 0.1) is 15.9 Å². The van der Waals surface area contributed by atoms with Crippen LogP contribution in [0.5, 0.6) is 0 Å². The van der Waals surface area contributed by atoms with Crippen LogP contribution in [0.2, 0.25) is 0 Å². The molecule has 0 aromatic heterocycles. The Morgan fingerprint density at radius 1 is 1.53 bits per heavy atom. The minimum atomic E-state index is -0.895. The van der Waals surface area contributed by atoms with E-state index in [1.54, 1.807) is 19.0 Å². The average Bonchev–Trinajstić information content (AvgIpc) is 2.68. The van der Waals surface area contributed by atoms with Crippen LogP contribution in [-0.4, -0.2) is 42.4 Å². The Morgan fingerprint density at radius 3 is 2.74 bits per heavy atom. The number of amides is 1. The summed E-state index contributed by atoms with van der Waals surface area (Å²) < 4.78 is 13.6. The molecule has 7 heteroatoms. The number of likely N-dealkylation sites (tertiary alicyclic amines) is 1. The number of halogens is 1. The molecule has 2 rings (SSSR count). The van der Waals surface area contributed by atoms with Crippen LogP contribution in [0.1, 0.15) is 6.42 Å². The lowest BCUT2D eigenvalue weighted by Gasteiger charge is -2.24. The number of hydrogen-bond donors (Lipinski definition) is 0. The van der Waals surface area contributed by atoms with Crippen molar-refractivity contribution in [1.29, 1.82) is 0 Å². The number of benzene rings is 1. The number of nitro groups is 1. The molecule has 0 spiro atoms. The van der Waals surface area contributed by atoms with Crippen molar-refractivity contribution in [2.45, 2.75) is 12.5 Å². The van der Waals surface area contributed by atoms with Gasteiger partial charge in [-0.15, -0.1) is 0 Å². The monoisotopic (exact) mass is 267 g/mol. The van der Waals surface area contributed by atoms with E-state index in [4.69, 9.17) is 0 Å². The first-order chi connectivity index (χ1) is 8.93. The van der Waals surface area contributed by atoms with Gasteiger partial charge in [0, 0.05) is 20.6 Å². The highest BCUT2D eigenvalue weighted by atomic mass is 19.1. The zero-order valence-electron chi connectivity index (χ0n) is 10.7. The van der Waals surface area contributed by atoms with Crippen LogP contribution >= 0.6 is 0 Å². The molecule has 0 radical (unpaired) electrons. The first-order valence-corrected chi connectivity index (χ1v) is 5.84. The molecule has 1 fully saturated rings. The Bertz CT molecular complexity index is 535. The van der Waals surface area contributed by atoms with Crippen molar-refractivity contribution >= 4 is 17.3 Å². The number of carbonyl (C=O) groups excluding carboxylic acids is 1. The maximum atomic E-state index is 13.6. The first kappa shape index (κ1) is 13.3. The number of para-hydroxylation sites is 1. The molecule has 1 atom stereocenters. The molecule has 6 nitrogen and oxygen atoms in total. The van der Waals surface area contributed by atoms with Crippen LogP contribution in [-0.2, 0) is 4.79 Å². The molecule has 0 N–H and O–H groups in total. The van der Waals surface area contributed by atoms with Gasteiger partial charge in [-0.05, 0) is 18.6 Å². The molecule has 0 aliphatic carbocycles. The van der Waals surface area contributed by atoms with Gasteiger partial charge >= 0.3 is 5.69 Å². The van der Waals surface area contributed by atoms with Crippen molar-refractivity contribution in [3.05, 3.63) is 34.1 Å². The Hall–Kier alpha value is -2.18. The van der Waals surface area contributed by atoms with Crippen LogP contribution < -0.4 is 4.90 Å². The summed E-state index contributed by atoms with van der Waals surface area (Å²) >= 11 is 0. The molecule has 0 bridgehead atoms. The average molecular weight is 267 g/mol. The highest BCUT2D eigenvalue weighted by molar-refractivity contribution is 5.87. The van der Waals surface area contributed by atoms with Gasteiger partial charge in [-0.3, -0.25) is 14.9 Å². The third-order valence-corrected chi connectivity index (χ3v) is 3.39. The topological polar surface area (TPSA) is 66.7 Å². The Morgan fingerprint density at radius 2 is 2.21 bits per heavy atom. The molecule has 1 amide bonds. The zero-order valence-corrected chi connectivity index (χ0v) is 10.7.